The van der Waals surface area contributed by atoms with Crippen LogP contribution in [0.25, 0.3) is 11.3 Å². The second-order valence-corrected chi connectivity index (χ2v) is 12.7. The maximum absolute atomic E-state index is 13.2. The second kappa shape index (κ2) is 12.2. The number of hydrogen-bond acceptors (Lipinski definition) is 5. The van der Waals surface area contributed by atoms with E-state index in [0.29, 0.717) is 25.7 Å². The van der Waals surface area contributed by atoms with Crippen LogP contribution in [0, 0.1) is 11.8 Å². The summed E-state index contributed by atoms with van der Waals surface area (Å²) in [6, 6.07) is 3.29. The van der Waals surface area contributed by atoms with Crippen molar-refractivity contribution < 1.29 is 44.3 Å². The first-order chi connectivity index (χ1) is 18.4. The summed E-state index contributed by atoms with van der Waals surface area (Å²) in [6.45, 7) is 2.88. The van der Waals surface area contributed by atoms with Gasteiger partial charge < -0.3 is 10.1 Å². The summed E-state index contributed by atoms with van der Waals surface area (Å²) < 4.78 is 108. The van der Waals surface area contributed by atoms with Gasteiger partial charge in [-0.25, -0.2) is 8.42 Å². The van der Waals surface area contributed by atoms with E-state index in [1.165, 1.54) is 17.0 Å². The van der Waals surface area contributed by atoms with Crippen LogP contribution in [-0.2, 0) is 22.8 Å². The van der Waals surface area contributed by atoms with Gasteiger partial charge in [-0.1, -0.05) is 24.6 Å². The summed E-state index contributed by atoms with van der Waals surface area (Å²) in [6.07, 6.45) is -6.91. The Hall–Kier alpha value is -2.48. The average Bonchev–Trinajstić information content (AvgIpc) is 3.17. The van der Waals surface area contributed by atoms with Crippen LogP contribution in [0.4, 0.5) is 26.3 Å². The number of aromatic nitrogens is 2. The summed E-state index contributed by atoms with van der Waals surface area (Å²) in [5, 5.41) is 6.22. The predicted octanol–water partition coefficient (Wildman–Crippen LogP) is 6.20. The number of hydrogen-bond donors (Lipinski definition) is 1. The molecule has 2 aromatic rings. The Labute approximate surface area is 233 Å². The molecule has 1 fully saturated rings. The van der Waals surface area contributed by atoms with Crippen molar-refractivity contribution in [2.45, 2.75) is 70.3 Å². The molecule has 0 spiro atoms. The van der Waals surface area contributed by atoms with Crippen LogP contribution in [0.5, 0.6) is 5.75 Å². The van der Waals surface area contributed by atoms with Gasteiger partial charge in [0.25, 0.3) is 5.91 Å². The van der Waals surface area contributed by atoms with Gasteiger partial charge in [0.05, 0.1) is 21.9 Å². The number of ether oxygens (including phenoxy) is 1. The Balaban J connectivity index is 1.87. The molecule has 3 rings (SSSR count). The first-order valence-electron chi connectivity index (χ1n) is 12.6. The van der Waals surface area contributed by atoms with Crippen molar-refractivity contribution in [3.63, 3.8) is 0 Å². The third-order valence-electron chi connectivity index (χ3n) is 6.99. The molecule has 1 atom stereocenters. The maximum atomic E-state index is 13.2. The van der Waals surface area contributed by atoms with Gasteiger partial charge in [-0.2, -0.15) is 18.3 Å². The largest absolute Gasteiger partial charge is 0.573 e. The van der Waals surface area contributed by atoms with E-state index >= 15 is 0 Å². The van der Waals surface area contributed by atoms with Gasteiger partial charge in [-0.05, 0) is 62.6 Å². The molecule has 0 saturated heterocycles. The van der Waals surface area contributed by atoms with Crippen LogP contribution in [0.2, 0.25) is 5.02 Å². The Morgan fingerprint density at radius 2 is 1.80 bits per heavy atom. The van der Waals surface area contributed by atoms with Crippen molar-refractivity contribution in [3.05, 3.63) is 34.5 Å². The van der Waals surface area contributed by atoms with E-state index in [0.717, 1.165) is 19.1 Å². The van der Waals surface area contributed by atoms with E-state index in [1.807, 2.05) is 0 Å². The lowest BCUT2D eigenvalue weighted by molar-refractivity contribution is -0.274. The number of sulfone groups is 1. The topological polar surface area (TPSA) is 90.3 Å². The SMILES string of the molecule is CCn1nc(C(=O)NCC2CCC(S(C)(=O)=O)CC2)c(Cl)c1-c1ccc(CC(C)C(F)(F)F)cc1OC(F)(F)F. The molecule has 15 heteroatoms. The molecule has 40 heavy (non-hydrogen) atoms. The van der Waals surface area contributed by atoms with E-state index in [9.17, 15) is 39.6 Å². The number of amides is 1. The van der Waals surface area contributed by atoms with E-state index in [-0.39, 0.29) is 46.5 Å². The Morgan fingerprint density at radius 1 is 1.18 bits per heavy atom. The van der Waals surface area contributed by atoms with Crippen molar-refractivity contribution >= 4 is 27.3 Å². The standard InChI is InChI=1S/C25H30ClF6N3O4S/c1-4-35-22(18-10-7-16(11-14(2)24(27,28)29)12-19(18)39-25(30,31)32)20(26)21(34-35)23(36)33-13-15-5-8-17(9-6-15)40(3,37)38/h7,10,12,14-15,17H,4-6,8-9,11,13H2,1-3H3,(H,33,36). The molecule has 7 nitrogen and oxygen atoms in total. The van der Waals surface area contributed by atoms with E-state index < -0.39 is 51.6 Å². The molecule has 1 aromatic heterocycles. The molecule has 1 aromatic carbocycles. The first kappa shape index (κ1) is 32.0. The highest BCUT2D eigenvalue weighted by Gasteiger charge is 2.37. The number of aryl methyl sites for hydroxylation is 1. The normalized spacial score (nSPS) is 19.4. The number of carbonyl (C=O) groups excluding carboxylic acids is 1. The Kier molecular flexibility index (Phi) is 9.75. The molecular formula is C25H30ClF6N3O4S. The van der Waals surface area contributed by atoms with Gasteiger partial charge in [-0.3, -0.25) is 9.48 Å². The summed E-state index contributed by atoms with van der Waals surface area (Å²) >= 11 is 6.46. The van der Waals surface area contributed by atoms with Crippen LogP contribution in [0.3, 0.4) is 0 Å². The molecule has 0 bridgehead atoms. The van der Waals surface area contributed by atoms with E-state index in [4.69, 9.17) is 11.6 Å². The molecule has 1 unspecified atom stereocenters. The third kappa shape index (κ3) is 8.05. The van der Waals surface area contributed by atoms with Gasteiger partial charge in [0, 0.05) is 24.9 Å². The first-order valence-corrected chi connectivity index (χ1v) is 14.9. The van der Waals surface area contributed by atoms with Gasteiger partial charge in [0.2, 0.25) is 0 Å². The number of benzene rings is 1. The number of rotatable bonds is 9. The predicted molar refractivity (Wildman–Crippen MR) is 137 cm³/mol. The van der Waals surface area contributed by atoms with E-state index in [2.05, 4.69) is 15.2 Å². The Morgan fingerprint density at radius 3 is 2.33 bits per heavy atom. The lowest BCUT2D eigenvalue weighted by Gasteiger charge is -2.27. The van der Waals surface area contributed by atoms with Crippen molar-refractivity contribution in [2.75, 3.05) is 12.8 Å². The van der Waals surface area contributed by atoms with Crippen LogP contribution >= 0.6 is 11.6 Å². The maximum Gasteiger partial charge on any atom is 0.573 e. The molecule has 1 aliphatic rings. The molecular weight excluding hydrogens is 588 g/mol. The van der Waals surface area contributed by atoms with Gasteiger partial charge in [-0.15, -0.1) is 13.2 Å². The third-order valence-corrected chi connectivity index (χ3v) is 9.03. The molecule has 1 amide bonds. The summed E-state index contributed by atoms with van der Waals surface area (Å²) in [5.74, 6) is -3.21. The van der Waals surface area contributed by atoms with Crippen LogP contribution < -0.4 is 10.1 Å². The molecule has 0 aliphatic heterocycles. The smallest absolute Gasteiger partial charge is 0.405 e. The fraction of sp³-hybridized carbons (Fsp3) is 0.600. The summed E-state index contributed by atoms with van der Waals surface area (Å²) in [5.41, 5.74) is -0.526. The zero-order chi connectivity index (χ0) is 30.0. The monoisotopic (exact) mass is 617 g/mol. The van der Waals surface area contributed by atoms with Crippen LogP contribution in [-0.4, -0.2) is 54.7 Å². The quantitative estimate of drug-likeness (QED) is 0.339. The number of nitrogens with zero attached hydrogens (tertiary/aromatic N) is 2. The molecule has 1 aliphatic carbocycles. The minimum absolute atomic E-state index is 0.0323. The van der Waals surface area contributed by atoms with Crippen molar-refractivity contribution in [1.29, 1.82) is 0 Å². The summed E-state index contributed by atoms with van der Waals surface area (Å²) in [4.78, 5) is 12.9. The van der Waals surface area contributed by atoms with Gasteiger partial charge in [0.15, 0.2) is 5.69 Å². The molecule has 1 saturated carbocycles. The lowest BCUT2D eigenvalue weighted by atomic mass is 9.89. The highest BCUT2D eigenvalue weighted by molar-refractivity contribution is 7.91. The minimum atomic E-state index is -5.15. The number of nitrogens with one attached hydrogen (secondary N) is 1. The second-order valence-electron chi connectivity index (χ2n) is 10.0. The number of alkyl halides is 6. The molecule has 1 heterocycles. The van der Waals surface area contributed by atoms with Gasteiger partial charge in [0.1, 0.15) is 15.6 Å². The zero-order valence-electron chi connectivity index (χ0n) is 22.0. The fourth-order valence-electron chi connectivity index (χ4n) is 4.72. The highest BCUT2D eigenvalue weighted by atomic mass is 35.5. The molecule has 0 radical (unpaired) electrons. The minimum Gasteiger partial charge on any atom is -0.405 e. The van der Waals surface area contributed by atoms with Crippen LogP contribution in [0.15, 0.2) is 18.2 Å². The van der Waals surface area contributed by atoms with Crippen molar-refractivity contribution in [2.24, 2.45) is 11.8 Å². The lowest BCUT2D eigenvalue weighted by Crippen LogP contribution is -2.34. The average molecular weight is 618 g/mol. The molecule has 1 N–H and O–H groups in total. The number of carbonyl (C=O) groups is 1. The highest BCUT2D eigenvalue weighted by Crippen LogP contribution is 2.40. The Bertz CT molecular complexity index is 1320. The summed E-state index contributed by atoms with van der Waals surface area (Å²) in [7, 11) is -3.14. The van der Waals surface area contributed by atoms with Crippen molar-refractivity contribution in [1.82, 2.24) is 15.1 Å². The number of halogens is 7. The van der Waals surface area contributed by atoms with Gasteiger partial charge >= 0.3 is 12.5 Å². The van der Waals surface area contributed by atoms with Crippen molar-refractivity contribution in [3.8, 4) is 17.0 Å². The molecule has 224 valence electrons. The zero-order valence-corrected chi connectivity index (χ0v) is 23.6. The fourth-order valence-corrected chi connectivity index (χ4v) is 6.18. The van der Waals surface area contributed by atoms with Crippen LogP contribution in [0.1, 0.15) is 55.6 Å². The van der Waals surface area contributed by atoms with E-state index in [1.54, 1.807) is 6.92 Å².